The molecule has 0 atom stereocenters. The molecule has 6 rings (SSSR count). The molecule has 0 amide bonds. The third-order valence-electron chi connectivity index (χ3n) is 8.80. The van der Waals surface area contributed by atoms with E-state index in [-0.39, 0.29) is 0 Å². The van der Waals surface area contributed by atoms with Gasteiger partial charge in [0.15, 0.2) is 0 Å². The molecule has 0 saturated carbocycles. The lowest BCUT2D eigenvalue weighted by molar-refractivity contribution is 1.26. The van der Waals surface area contributed by atoms with E-state index in [2.05, 4.69) is 128 Å². The molecule has 0 spiro atoms. The molecule has 49 heavy (non-hydrogen) atoms. The minimum Gasteiger partial charge on any atom is -0.398 e. The number of nitrogens with two attached hydrogens (primary N) is 1. The molecule has 0 radical (unpaired) electrons. The molecule has 0 aliphatic carbocycles. The quantitative estimate of drug-likeness (QED) is 0.0732. The monoisotopic (exact) mass is 649 g/mol. The third-order valence-corrected chi connectivity index (χ3v) is 9.60. The van der Waals surface area contributed by atoms with E-state index in [1.165, 1.54) is 10.5 Å². The fourth-order valence-corrected chi connectivity index (χ4v) is 7.01. The number of thioether (sulfide) groups is 1. The maximum atomic E-state index is 9.52. The summed E-state index contributed by atoms with van der Waals surface area (Å²) in [6.07, 6.45) is 9.75. The largest absolute Gasteiger partial charge is 0.398 e. The molecule has 0 fully saturated rings. The molecular weight excluding hydrogens is 615 g/mol. The van der Waals surface area contributed by atoms with E-state index in [1.54, 1.807) is 30.0 Å². The van der Waals surface area contributed by atoms with Crippen molar-refractivity contribution in [2.24, 2.45) is 5.73 Å². The molecule has 0 heterocycles. The van der Waals surface area contributed by atoms with Crippen LogP contribution in [0, 0.1) is 22.7 Å². The van der Waals surface area contributed by atoms with Crippen LogP contribution < -0.4 is 5.73 Å². The summed E-state index contributed by atoms with van der Waals surface area (Å²) in [5.74, 6) is 0. The summed E-state index contributed by atoms with van der Waals surface area (Å²) in [5, 5.41) is 23.5. The Kier molecular flexibility index (Phi) is 9.91. The maximum absolute atomic E-state index is 9.52. The van der Waals surface area contributed by atoms with Gasteiger partial charge in [-0.05, 0) is 110 Å². The smallest absolute Gasteiger partial charge is 0.0988 e. The first kappa shape index (κ1) is 32.9. The van der Waals surface area contributed by atoms with Crippen LogP contribution in [0.25, 0.3) is 60.6 Å². The maximum Gasteiger partial charge on any atom is 0.0988 e. The van der Waals surface area contributed by atoms with Crippen molar-refractivity contribution < 1.29 is 0 Å². The van der Waals surface area contributed by atoms with Crippen LogP contribution in [-0.4, -0.2) is 6.26 Å². The van der Waals surface area contributed by atoms with Gasteiger partial charge in [0, 0.05) is 21.7 Å². The summed E-state index contributed by atoms with van der Waals surface area (Å²) in [4.78, 5) is 1.22. The van der Waals surface area contributed by atoms with E-state index in [9.17, 15) is 10.5 Å². The lowest BCUT2D eigenvalue weighted by Crippen LogP contribution is -1.98. The average Bonchev–Trinajstić information content (AvgIpc) is 3.16. The topological polar surface area (TPSA) is 73.6 Å². The first-order chi connectivity index (χ1) is 24.0. The van der Waals surface area contributed by atoms with Gasteiger partial charge < -0.3 is 5.73 Å². The SMILES string of the molecule is C=C/C(C#N)=C\Cc1cccc(-c2c3ccccc3c(-c3cccc(/C(N)=C/C(C#N)=C\C)c3)c3cc(-c4ccccc4SC)ccc23)c1. The van der Waals surface area contributed by atoms with Crippen molar-refractivity contribution >= 4 is 39.0 Å². The summed E-state index contributed by atoms with van der Waals surface area (Å²) >= 11 is 1.75. The number of fused-ring (bicyclic) bond motifs is 2. The van der Waals surface area contributed by atoms with Crippen molar-refractivity contribution in [3.8, 4) is 45.5 Å². The fourth-order valence-electron chi connectivity index (χ4n) is 6.39. The van der Waals surface area contributed by atoms with Crippen LogP contribution >= 0.6 is 11.8 Å². The molecule has 0 aliphatic heterocycles. The number of hydrogen-bond donors (Lipinski definition) is 1. The minimum atomic E-state index is 0.520. The zero-order valence-corrected chi connectivity index (χ0v) is 28.4. The van der Waals surface area contributed by atoms with E-state index in [4.69, 9.17) is 5.73 Å². The Morgan fingerprint density at radius 1 is 0.714 bits per heavy atom. The van der Waals surface area contributed by atoms with Gasteiger partial charge in [0.2, 0.25) is 0 Å². The predicted molar refractivity (Wildman–Crippen MR) is 209 cm³/mol. The van der Waals surface area contributed by atoms with E-state index in [0.29, 0.717) is 23.3 Å². The lowest BCUT2D eigenvalue weighted by Gasteiger charge is -2.20. The third kappa shape index (κ3) is 6.69. The summed E-state index contributed by atoms with van der Waals surface area (Å²) < 4.78 is 0. The van der Waals surface area contributed by atoms with E-state index in [0.717, 1.165) is 60.5 Å². The number of benzene rings is 6. The van der Waals surface area contributed by atoms with Crippen molar-refractivity contribution in [3.05, 3.63) is 168 Å². The Morgan fingerprint density at radius 3 is 2.06 bits per heavy atom. The Balaban J connectivity index is 1.67. The van der Waals surface area contributed by atoms with Crippen molar-refractivity contribution in [2.75, 3.05) is 6.26 Å². The van der Waals surface area contributed by atoms with Crippen LogP contribution in [0.15, 0.2) is 162 Å². The normalized spacial score (nSPS) is 12.1. The van der Waals surface area contributed by atoms with Crippen molar-refractivity contribution in [3.63, 3.8) is 0 Å². The van der Waals surface area contributed by atoms with Gasteiger partial charge in [0.05, 0.1) is 12.1 Å². The molecule has 6 aromatic carbocycles. The van der Waals surface area contributed by atoms with Gasteiger partial charge in [-0.1, -0.05) is 122 Å². The summed E-state index contributed by atoms with van der Waals surface area (Å²) in [6, 6.07) is 45.2. The lowest BCUT2D eigenvalue weighted by atomic mass is 9.84. The average molecular weight is 650 g/mol. The molecule has 2 N–H and O–H groups in total. The number of rotatable bonds is 9. The zero-order valence-electron chi connectivity index (χ0n) is 27.6. The molecule has 0 saturated heterocycles. The number of allylic oxidation sites excluding steroid dienone is 6. The Bertz CT molecular complexity index is 2410. The molecule has 0 bridgehead atoms. The molecule has 6 aromatic rings. The van der Waals surface area contributed by atoms with Gasteiger partial charge in [-0.15, -0.1) is 11.8 Å². The Morgan fingerprint density at radius 2 is 1.37 bits per heavy atom. The Hall–Kier alpha value is -6.07. The molecule has 0 unspecified atom stereocenters. The predicted octanol–water partition coefficient (Wildman–Crippen LogP) is 11.7. The summed E-state index contributed by atoms with van der Waals surface area (Å²) in [5.41, 5.74) is 17.0. The molecule has 4 heteroatoms. The molecule has 0 aromatic heterocycles. The first-order valence-corrected chi connectivity index (χ1v) is 17.3. The van der Waals surface area contributed by atoms with Gasteiger partial charge in [-0.3, -0.25) is 0 Å². The second-order valence-electron chi connectivity index (χ2n) is 11.7. The minimum absolute atomic E-state index is 0.520. The fraction of sp³-hybridized carbons (Fsp3) is 0.0667. The highest BCUT2D eigenvalue weighted by Gasteiger charge is 2.19. The van der Waals surface area contributed by atoms with Gasteiger partial charge in [-0.25, -0.2) is 0 Å². The van der Waals surface area contributed by atoms with E-state index < -0.39 is 0 Å². The van der Waals surface area contributed by atoms with Crippen molar-refractivity contribution in [1.29, 1.82) is 10.5 Å². The van der Waals surface area contributed by atoms with Gasteiger partial charge in [0.25, 0.3) is 0 Å². The van der Waals surface area contributed by atoms with Crippen molar-refractivity contribution in [1.82, 2.24) is 0 Å². The van der Waals surface area contributed by atoms with E-state index >= 15 is 0 Å². The van der Waals surface area contributed by atoms with Crippen LogP contribution in [0.1, 0.15) is 18.1 Å². The van der Waals surface area contributed by atoms with Crippen LogP contribution in [-0.2, 0) is 6.42 Å². The number of nitriles is 2. The van der Waals surface area contributed by atoms with Crippen LogP contribution in [0.4, 0.5) is 0 Å². The zero-order chi connectivity index (χ0) is 34.3. The van der Waals surface area contributed by atoms with Crippen molar-refractivity contribution in [2.45, 2.75) is 18.2 Å². The van der Waals surface area contributed by atoms with Crippen LogP contribution in [0.5, 0.6) is 0 Å². The molecule has 236 valence electrons. The highest BCUT2D eigenvalue weighted by atomic mass is 32.2. The summed E-state index contributed by atoms with van der Waals surface area (Å²) in [6.45, 7) is 5.60. The summed E-state index contributed by atoms with van der Waals surface area (Å²) in [7, 11) is 0. The van der Waals surface area contributed by atoms with Gasteiger partial charge >= 0.3 is 0 Å². The second kappa shape index (κ2) is 14.8. The molecular formula is C45H35N3S. The van der Waals surface area contributed by atoms with Crippen LogP contribution in [0.3, 0.4) is 0 Å². The standard InChI is InChI=1S/C45H35N3S/c1-4-30(28-46)20-21-32-12-10-14-35(24-32)44-38-17-6-7-18-39(38)45(36-15-11-13-34(26-36)42(48)25-31(5-2)29-47)41-27-33(22-23-40(41)44)37-16-8-9-19-43(37)49-3/h4-20,22-27H,1,21,48H2,2-3H3/b30-20+,31-5+,42-25-. The molecule has 3 nitrogen and oxygen atoms in total. The number of nitrogens with zero attached hydrogens (tertiary/aromatic N) is 2. The van der Waals surface area contributed by atoms with Crippen LogP contribution in [0.2, 0.25) is 0 Å². The second-order valence-corrected chi connectivity index (χ2v) is 12.5. The highest BCUT2D eigenvalue weighted by molar-refractivity contribution is 7.98. The first-order valence-electron chi connectivity index (χ1n) is 16.1. The molecule has 0 aliphatic rings. The van der Waals surface area contributed by atoms with Gasteiger partial charge in [-0.2, -0.15) is 10.5 Å². The number of hydrogen-bond acceptors (Lipinski definition) is 4. The van der Waals surface area contributed by atoms with Gasteiger partial charge in [0.1, 0.15) is 0 Å². The highest BCUT2D eigenvalue weighted by Crippen LogP contribution is 2.45. The Labute approximate surface area is 292 Å². The van der Waals surface area contributed by atoms with E-state index in [1.807, 2.05) is 25.1 Å².